The number of nitrogens with one attached hydrogen (secondary N) is 1. The van der Waals surface area contributed by atoms with Crippen molar-refractivity contribution >= 4 is 5.91 Å². The van der Waals surface area contributed by atoms with E-state index in [1.54, 1.807) is 7.11 Å². The van der Waals surface area contributed by atoms with Crippen LogP contribution in [0.3, 0.4) is 0 Å². The fraction of sp³-hybridized carbons (Fsp3) is 0.409. The van der Waals surface area contributed by atoms with Gasteiger partial charge in [-0.25, -0.2) is 0 Å². The molecule has 0 unspecified atom stereocenters. The van der Waals surface area contributed by atoms with Gasteiger partial charge < -0.3 is 14.8 Å². The molecule has 0 heterocycles. The summed E-state index contributed by atoms with van der Waals surface area (Å²) in [6, 6.07) is 15.5. The monoisotopic (exact) mass is 353 g/mol. The summed E-state index contributed by atoms with van der Waals surface area (Å²) in [5, 5.41) is 2.98. The van der Waals surface area contributed by atoms with Crippen molar-refractivity contribution in [1.82, 2.24) is 5.32 Å². The quantitative estimate of drug-likeness (QED) is 0.799. The molecule has 4 heteroatoms. The number of benzene rings is 2. The Bertz CT molecular complexity index is 706. The fourth-order valence-electron chi connectivity index (χ4n) is 3.36. The third-order valence-corrected chi connectivity index (χ3v) is 4.79. The second kappa shape index (κ2) is 9.39. The lowest BCUT2D eigenvalue weighted by Gasteiger charge is -2.23. The van der Waals surface area contributed by atoms with E-state index in [4.69, 9.17) is 9.47 Å². The van der Waals surface area contributed by atoms with Crippen LogP contribution in [0, 0.1) is 0 Å². The Hall–Kier alpha value is -2.33. The standard InChI is InChI=1S/C22H27NO3/c1-25-16-18-7-5-6-10-21(18)22(24)23-15-17-11-13-20(14-12-17)26-19-8-3-2-4-9-19/h5-7,10-14,19H,2-4,8-9,15-16H2,1H3,(H,23,24). The molecule has 0 saturated heterocycles. The normalized spacial score (nSPS) is 14.8. The van der Waals surface area contributed by atoms with Crippen molar-refractivity contribution < 1.29 is 14.3 Å². The van der Waals surface area contributed by atoms with Gasteiger partial charge >= 0.3 is 0 Å². The van der Waals surface area contributed by atoms with Crippen LogP contribution in [0.1, 0.15) is 53.6 Å². The van der Waals surface area contributed by atoms with Crippen LogP contribution in [0.4, 0.5) is 0 Å². The minimum absolute atomic E-state index is 0.0832. The van der Waals surface area contributed by atoms with Crippen LogP contribution in [0.5, 0.6) is 5.75 Å². The first kappa shape index (κ1) is 18.5. The predicted molar refractivity (Wildman–Crippen MR) is 102 cm³/mol. The maximum atomic E-state index is 12.5. The first-order chi connectivity index (χ1) is 12.8. The van der Waals surface area contributed by atoms with Gasteiger partial charge in [-0.15, -0.1) is 0 Å². The lowest BCUT2D eigenvalue weighted by Crippen LogP contribution is -2.24. The average molecular weight is 353 g/mol. The van der Waals surface area contributed by atoms with Crippen LogP contribution >= 0.6 is 0 Å². The van der Waals surface area contributed by atoms with Crippen molar-refractivity contribution in [3.8, 4) is 5.75 Å². The topological polar surface area (TPSA) is 47.6 Å². The molecule has 1 saturated carbocycles. The average Bonchev–Trinajstić information content (AvgIpc) is 2.69. The van der Waals surface area contributed by atoms with E-state index in [0.29, 0.717) is 24.8 Å². The molecule has 0 radical (unpaired) electrons. The zero-order chi connectivity index (χ0) is 18.2. The van der Waals surface area contributed by atoms with E-state index >= 15 is 0 Å². The van der Waals surface area contributed by atoms with E-state index in [9.17, 15) is 4.79 Å². The summed E-state index contributed by atoms with van der Waals surface area (Å²) < 4.78 is 11.2. The van der Waals surface area contributed by atoms with Gasteiger partial charge in [-0.05, 0) is 55.0 Å². The van der Waals surface area contributed by atoms with Crippen LogP contribution in [-0.2, 0) is 17.9 Å². The van der Waals surface area contributed by atoms with Crippen molar-refractivity contribution in [2.45, 2.75) is 51.4 Å². The van der Waals surface area contributed by atoms with Gasteiger partial charge in [0.1, 0.15) is 5.75 Å². The summed E-state index contributed by atoms with van der Waals surface area (Å²) in [5.41, 5.74) is 2.61. The molecule has 2 aromatic rings. The Morgan fingerprint density at radius 2 is 1.77 bits per heavy atom. The van der Waals surface area contributed by atoms with Crippen molar-refractivity contribution in [1.29, 1.82) is 0 Å². The highest BCUT2D eigenvalue weighted by Crippen LogP contribution is 2.23. The molecule has 0 aromatic heterocycles. The highest BCUT2D eigenvalue weighted by Gasteiger charge is 2.15. The molecule has 2 aromatic carbocycles. The number of carbonyl (C=O) groups excluding carboxylic acids is 1. The summed E-state index contributed by atoms with van der Waals surface area (Å²) >= 11 is 0. The molecular weight excluding hydrogens is 326 g/mol. The van der Waals surface area contributed by atoms with Crippen LogP contribution < -0.4 is 10.1 Å². The molecule has 26 heavy (non-hydrogen) atoms. The number of amides is 1. The maximum Gasteiger partial charge on any atom is 0.251 e. The molecule has 0 aliphatic heterocycles. The van der Waals surface area contributed by atoms with Gasteiger partial charge in [0.2, 0.25) is 0 Å². The molecule has 0 atom stereocenters. The third kappa shape index (κ3) is 5.09. The summed E-state index contributed by atoms with van der Waals surface area (Å²) in [4.78, 5) is 12.5. The van der Waals surface area contributed by atoms with Crippen LogP contribution in [0.2, 0.25) is 0 Å². The van der Waals surface area contributed by atoms with E-state index < -0.39 is 0 Å². The van der Waals surface area contributed by atoms with Crippen LogP contribution in [-0.4, -0.2) is 19.1 Å². The van der Waals surface area contributed by atoms with Crippen LogP contribution in [0.15, 0.2) is 48.5 Å². The summed E-state index contributed by atoms with van der Waals surface area (Å²) in [5.74, 6) is 0.831. The maximum absolute atomic E-state index is 12.5. The molecule has 1 amide bonds. The molecule has 0 bridgehead atoms. The number of rotatable bonds is 7. The second-order valence-electron chi connectivity index (χ2n) is 6.79. The molecule has 3 rings (SSSR count). The Morgan fingerprint density at radius 3 is 2.50 bits per heavy atom. The Kier molecular flexibility index (Phi) is 6.67. The Morgan fingerprint density at radius 1 is 1.04 bits per heavy atom. The number of ether oxygens (including phenoxy) is 2. The number of hydrogen-bond acceptors (Lipinski definition) is 3. The van der Waals surface area contributed by atoms with E-state index in [1.807, 2.05) is 48.5 Å². The summed E-state index contributed by atoms with van der Waals surface area (Å²) in [7, 11) is 1.63. The third-order valence-electron chi connectivity index (χ3n) is 4.79. The molecule has 1 fully saturated rings. The van der Waals surface area contributed by atoms with Crippen molar-refractivity contribution in [2.24, 2.45) is 0 Å². The molecule has 1 N–H and O–H groups in total. The highest BCUT2D eigenvalue weighted by atomic mass is 16.5. The van der Waals surface area contributed by atoms with Gasteiger partial charge in [0.15, 0.2) is 0 Å². The zero-order valence-corrected chi connectivity index (χ0v) is 15.4. The number of methoxy groups -OCH3 is 1. The summed E-state index contributed by atoms with van der Waals surface area (Å²) in [6.45, 7) is 0.917. The second-order valence-corrected chi connectivity index (χ2v) is 6.79. The van der Waals surface area contributed by atoms with Crippen LogP contribution in [0.25, 0.3) is 0 Å². The lowest BCUT2D eigenvalue weighted by atomic mass is 9.98. The van der Waals surface area contributed by atoms with Gasteiger partial charge in [-0.3, -0.25) is 4.79 Å². The predicted octanol–water partition coefficient (Wildman–Crippen LogP) is 4.47. The zero-order valence-electron chi connectivity index (χ0n) is 15.4. The Balaban J connectivity index is 1.53. The molecule has 4 nitrogen and oxygen atoms in total. The molecular formula is C22H27NO3. The smallest absolute Gasteiger partial charge is 0.251 e. The minimum atomic E-state index is -0.0832. The molecule has 138 valence electrons. The van der Waals surface area contributed by atoms with Crippen molar-refractivity contribution in [3.05, 3.63) is 65.2 Å². The van der Waals surface area contributed by atoms with E-state index in [1.165, 1.54) is 19.3 Å². The van der Waals surface area contributed by atoms with E-state index in [-0.39, 0.29) is 5.91 Å². The van der Waals surface area contributed by atoms with Crippen molar-refractivity contribution in [2.75, 3.05) is 7.11 Å². The van der Waals surface area contributed by atoms with Gasteiger partial charge in [-0.2, -0.15) is 0 Å². The molecule has 0 spiro atoms. The number of hydrogen-bond donors (Lipinski definition) is 1. The number of carbonyl (C=O) groups is 1. The molecule has 1 aliphatic rings. The minimum Gasteiger partial charge on any atom is -0.490 e. The summed E-state index contributed by atoms with van der Waals surface area (Å²) in [6.07, 6.45) is 6.51. The first-order valence-electron chi connectivity index (χ1n) is 9.37. The molecule has 1 aliphatic carbocycles. The van der Waals surface area contributed by atoms with Gasteiger partial charge in [0.25, 0.3) is 5.91 Å². The lowest BCUT2D eigenvalue weighted by molar-refractivity contribution is 0.0946. The Labute approximate surface area is 155 Å². The van der Waals surface area contributed by atoms with E-state index in [2.05, 4.69) is 5.32 Å². The highest BCUT2D eigenvalue weighted by molar-refractivity contribution is 5.95. The van der Waals surface area contributed by atoms with Gasteiger partial charge in [0, 0.05) is 19.2 Å². The first-order valence-corrected chi connectivity index (χ1v) is 9.37. The van der Waals surface area contributed by atoms with Gasteiger partial charge in [0.05, 0.1) is 12.7 Å². The fourth-order valence-corrected chi connectivity index (χ4v) is 3.36. The largest absolute Gasteiger partial charge is 0.490 e. The SMILES string of the molecule is COCc1ccccc1C(=O)NCc1ccc(OC2CCCCC2)cc1. The van der Waals surface area contributed by atoms with Crippen molar-refractivity contribution in [3.63, 3.8) is 0 Å². The van der Waals surface area contributed by atoms with E-state index in [0.717, 1.165) is 29.7 Å². The van der Waals surface area contributed by atoms with Gasteiger partial charge in [-0.1, -0.05) is 36.8 Å².